The van der Waals surface area contributed by atoms with E-state index in [9.17, 15) is 9.18 Å². The van der Waals surface area contributed by atoms with Crippen molar-refractivity contribution in [2.45, 2.75) is 13.8 Å². The largest absolute Gasteiger partial charge is 0.496 e. The fraction of sp³-hybridized carbons (Fsp3) is 0.304. The summed E-state index contributed by atoms with van der Waals surface area (Å²) in [5, 5.41) is 0.575. The molecule has 0 radical (unpaired) electrons. The van der Waals surface area contributed by atoms with Gasteiger partial charge in [0.05, 0.1) is 12.6 Å². The number of benzene rings is 2. The van der Waals surface area contributed by atoms with Crippen molar-refractivity contribution in [1.82, 2.24) is 9.88 Å². The lowest BCUT2D eigenvalue weighted by Crippen LogP contribution is -2.49. The molecule has 2 aromatic carbocycles. The van der Waals surface area contributed by atoms with Crippen molar-refractivity contribution in [1.29, 1.82) is 0 Å². The molecule has 29 heavy (non-hydrogen) atoms. The molecule has 0 saturated carbocycles. The maximum atomic E-state index is 13.8. The fourth-order valence-corrected chi connectivity index (χ4v) is 3.79. The van der Waals surface area contributed by atoms with Gasteiger partial charge in [-0.25, -0.2) is 9.37 Å². The number of carbonyl (C=O) groups is 1. The SMILES string of the molecule is COc1cc(C(=O)N2CCN(c3ccc(C)cc3)CC2)nc2c(C)cc(F)cc12. The number of carbonyl (C=O) groups excluding carboxylic acids is 1. The Kier molecular flexibility index (Phi) is 5.09. The molecule has 1 amide bonds. The van der Waals surface area contributed by atoms with E-state index in [1.807, 2.05) is 4.90 Å². The number of fused-ring (bicyclic) bond motifs is 1. The summed E-state index contributed by atoms with van der Waals surface area (Å²) in [4.78, 5) is 21.7. The van der Waals surface area contributed by atoms with Gasteiger partial charge in [-0.1, -0.05) is 17.7 Å². The Bertz CT molecular complexity index is 1060. The number of rotatable bonds is 3. The number of aromatic nitrogens is 1. The third kappa shape index (κ3) is 3.75. The van der Waals surface area contributed by atoms with Gasteiger partial charge in [0.2, 0.25) is 0 Å². The van der Waals surface area contributed by atoms with Crippen LogP contribution in [-0.2, 0) is 0 Å². The van der Waals surface area contributed by atoms with Crippen LogP contribution in [0.1, 0.15) is 21.6 Å². The number of methoxy groups -OCH3 is 1. The molecule has 1 aromatic heterocycles. The van der Waals surface area contributed by atoms with E-state index in [0.29, 0.717) is 41.0 Å². The van der Waals surface area contributed by atoms with Crippen molar-refractivity contribution < 1.29 is 13.9 Å². The minimum atomic E-state index is -0.346. The Hall–Kier alpha value is -3.15. The second kappa shape index (κ2) is 7.70. The second-order valence-corrected chi connectivity index (χ2v) is 7.44. The molecular formula is C23H24FN3O2. The molecule has 6 heteroatoms. The molecule has 1 aliphatic rings. The number of anilines is 1. The Morgan fingerprint density at radius 3 is 2.38 bits per heavy atom. The van der Waals surface area contributed by atoms with Gasteiger partial charge in [-0.2, -0.15) is 0 Å². The van der Waals surface area contributed by atoms with Gasteiger partial charge in [-0.3, -0.25) is 4.79 Å². The molecule has 2 heterocycles. The van der Waals surface area contributed by atoms with Gasteiger partial charge < -0.3 is 14.5 Å². The molecule has 0 unspecified atom stereocenters. The lowest BCUT2D eigenvalue weighted by Gasteiger charge is -2.36. The van der Waals surface area contributed by atoms with Crippen molar-refractivity contribution in [3.05, 3.63) is 65.1 Å². The van der Waals surface area contributed by atoms with E-state index in [2.05, 4.69) is 41.1 Å². The molecule has 0 N–H and O–H groups in total. The summed E-state index contributed by atoms with van der Waals surface area (Å²) in [5.41, 5.74) is 4.00. The fourth-order valence-electron chi connectivity index (χ4n) is 3.79. The predicted molar refractivity (Wildman–Crippen MR) is 112 cm³/mol. The molecule has 1 fully saturated rings. The first-order chi connectivity index (χ1) is 14.0. The van der Waals surface area contributed by atoms with Crippen molar-refractivity contribution >= 4 is 22.5 Å². The third-order valence-corrected chi connectivity index (χ3v) is 5.44. The quantitative estimate of drug-likeness (QED) is 0.676. The smallest absolute Gasteiger partial charge is 0.272 e. The van der Waals surface area contributed by atoms with Gasteiger partial charge in [0, 0.05) is 43.3 Å². The van der Waals surface area contributed by atoms with Gasteiger partial charge in [-0.05, 0) is 43.7 Å². The molecule has 4 rings (SSSR count). The van der Waals surface area contributed by atoms with Gasteiger partial charge in [-0.15, -0.1) is 0 Å². The van der Waals surface area contributed by atoms with E-state index in [1.54, 1.807) is 13.0 Å². The van der Waals surface area contributed by atoms with Gasteiger partial charge in [0.15, 0.2) is 0 Å². The van der Waals surface area contributed by atoms with Gasteiger partial charge >= 0.3 is 0 Å². The molecular weight excluding hydrogens is 369 g/mol. The number of hydrogen-bond acceptors (Lipinski definition) is 4. The summed E-state index contributed by atoms with van der Waals surface area (Å²) in [7, 11) is 1.52. The number of hydrogen-bond donors (Lipinski definition) is 0. The lowest BCUT2D eigenvalue weighted by molar-refractivity contribution is 0.0741. The Labute approximate surface area is 169 Å². The highest BCUT2D eigenvalue weighted by atomic mass is 19.1. The number of aryl methyl sites for hydroxylation is 2. The number of ether oxygens (including phenoxy) is 1. The van der Waals surface area contributed by atoms with Crippen LogP contribution in [0.3, 0.4) is 0 Å². The van der Waals surface area contributed by atoms with Crippen molar-refractivity contribution in [3.63, 3.8) is 0 Å². The summed E-state index contributed by atoms with van der Waals surface area (Å²) in [6.07, 6.45) is 0. The first kappa shape index (κ1) is 19.2. The Balaban J connectivity index is 1.56. The lowest BCUT2D eigenvalue weighted by atomic mass is 10.1. The van der Waals surface area contributed by atoms with Crippen LogP contribution in [0.25, 0.3) is 10.9 Å². The van der Waals surface area contributed by atoms with Crippen LogP contribution in [0, 0.1) is 19.7 Å². The normalized spacial score (nSPS) is 14.3. The minimum Gasteiger partial charge on any atom is -0.496 e. The molecule has 0 aliphatic carbocycles. The summed E-state index contributed by atoms with van der Waals surface area (Å²) in [6.45, 7) is 6.63. The number of nitrogens with zero attached hydrogens (tertiary/aromatic N) is 3. The molecule has 1 saturated heterocycles. The van der Waals surface area contributed by atoms with Crippen LogP contribution >= 0.6 is 0 Å². The van der Waals surface area contributed by atoms with E-state index in [1.165, 1.54) is 30.5 Å². The molecule has 150 valence electrons. The highest BCUT2D eigenvalue weighted by molar-refractivity contribution is 5.98. The average molecular weight is 393 g/mol. The summed E-state index contributed by atoms with van der Waals surface area (Å²) < 4.78 is 19.2. The zero-order valence-corrected chi connectivity index (χ0v) is 16.9. The van der Waals surface area contributed by atoms with Crippen molar-refractivity contribution in [2.75, 3.05) is 38.2 Å². The standard InChI is InChI=1S/C23H24FN3O2/c1-15-4-6-18(7-5-15)26-8-10-27(11-9-26)23(28)20-14-21(29-3)19-13-17(24)12-16(2)22(19)25-20/h4-7,12-14H,8-11H2,1-3H3. The first-order valence-electron chi connectivity index (χ1n) is 9.72. The van der Waals surface area contributed by atoms with E-state index in [4.69, 9.17) is 4.74 Å². The van der Waals surface area contributed by atoms with Crippen LogP contribution < -0.4 is 9.64 Å². The molecule has 0 spiro atoms. The molecule has 0 bridgehead atoms. The van der Waals surface area contributed by atoms with E-state index in [-0.39, 0.29) is 11.7 Å². The van der Waals surface area contributed by atoms with E-state index >= 15 is 0 Å². The number of halogens is 1. The maximum absolute atomic E-state index is 13.8. The highest BCUT2D eigenvalue weighted by Gasteiger charge is 2.24. The average Bonchev–Trinajstić information content (AvgIpc) is 2.73. The Morgan fingerprint density at radius 1 is 1.03 bits per heavy atom. The molecule has 3 aromatic rings. The third-order valence-electron chi connectivity index (χ3n) is 5.44. The van der Waals surface area contributed by atoms with Gasteiger partial charge in [0.1, 0.15) is 17.3 Å². The van der Waals surface area contributed by atoms with Crippen LogP contribution in [0.2, 0.25) is 0 Å². The number of amides is 1. The summed E-state index contributed by atoms with van der Waals surface area (Å²) in [5.74, 6) is -0.0156. The Morgan fingerprint density at radius 2 is 1.72 bits per heavy atom. The topological polar surface area (TPSA) is 45.7 Å². The number of pyridine rings is 1. The van der Waals surface area contributed by atoms with Gasteiger partial charge in [0.25, 0.3) is 5.91 Å². The summed E-state index contributed by atoms with van der Waals surface area (Å²) in [6, 6.07) is 12.9. The van der Waals surface area contributed by atoms with Crippen LogP contribution in [0.4, 0.5) is 10.1 Å². The monoisotopic (exact) mass is 393 g/mol. The predicted octanol–water partition coefficient (Wildman–Crippen LogP) is 3.96. The molecule has 0 atom stereocenters. The van der Waals surface area contributed by atoms with Crippen molar-refractivity contribution in [2.24, 2.45) is 0 Å². The first-order valence-corrected chi connectivity index (χ1v) is 9.72. The van der Waals surface area contributed by atoms with Crippen LogP contribution in [-0.4, -0.2) is 49.1 Å². The highest BCUT2D eigenvalue weighted by Crippen LogP contribution is 2.29. The van der Waals surface area contributed by atoms with E-state index < -0.39 is 0 Å². The van der Waals surface area contributed by atoms with Crippen LogP contribution in [0.15, 0.2) is 42.5 Å². The van der Waals surface area contributed by atoms with E-state index in [0.717, 1.165) is 13.1 Å². The minimum absolute atomic E-state index is 0.127. The zero-order valence-electron chi connectivity index (χ0n) is 16.9. The van der Waals surface area contributed by atoms with Crippen molar-refractivity contribution in [3.8, 4) is 5.75 Å². The molecule has 5 nitrogen and oxygen atoms in total. The molecule has 1 aliphatic heterocycles. The van der Waals surface area contributed by atoms with Crippen LogP contribution in [0.5, 0.6) is 5.75 Å². The second-order valence-electron chi connectivity index (χ2n) is 7.44. The maximum Gasteiger partial charge on any atom is 0.272 e. The summed E-state index contributed by atoms with van der Waals surface area (Å²) >= 11 is 0. The number of piperazine rings is 1. The zero-order chi connectivity index (χ0) is 20.5.